The molecule has 0 saturated carbocycles. The minimum atomic E-state index is -4.47. The van der Waals surface area contributed by atoms with Gasteiger partial charge in [-0.3, -0.25) is 0 Å². The van der Waals surface area contributed by atoms with E-state index >= 15 is 0 Å². The van der Waals surface area contributed by atoms with Crippen molar-refractivity contribution in [2.75, 3.05) is 7.11 Å². The monoisotopic (exact) mass is 325 g/mol. The molecule has 0 aliphatic rings. The van der Waals surface area contributed by atoms with Crippen LogP contribution in [0.3, 0.4) is 0 Å². The number of ether oxygens (including phenoxy) is 1. The van der Waals surface area contributed by atoms with Crippen LogP contribution in [0, 0.1) is 6.92 Å². The maximum absolute atomic E-state index is 12.9. The first-order valence-corrected chi connectivity index (χ1v) is 7.26. The van der Waals surface area contributed by atoms with Crippen LogP contribution in [0.2, 0.25) is 0 Å². The van der Waals surface area contributed by atoms with E-state index in [4.69, 9.17) is 4.74 Å². The van der Waals surface area contributed by atoms with E-state index in [1.165, 1.54) is 18.4 Å². The Bertz CT molecular complexity index is 828. The molecule has 0 aliphatic carbocycles. The number of hydrogen-bond donors (Lipinski definition) is 0. The predicted molar refractivity (Wildman–Crippen MR) is 77.0 cm³/mol. The molecule has 0 N–H and O–H groups in total. The topological polar surface area (TPSA) is 26.2 Å². The zero-order valence-electron chi connectivity index (χ0n) is 11.8. The van der Waals surface area contributed by atoms with Crippen molar-refractivity contribution in [3.05, 3.63) is 47.8 Å². The van der Waals surface area contributed by atoms with Gasteiger partial charge in [0, 0.05) is 6.07 Å². The van der Waals surface area contributed by atoms with Crippen molar-refractivity contribution < 1.29 is 22.3 Å². The summed E-state index contributed by atoms with van der Waals surface area (Å²) in [6.07, 6.45) is -4.47. The molecule has 2 heterocycles. The summed E-state index contributed by atoms with van der Waals surface area (Å²) in [7, 11) is 1.50. The van der Waals surface area contributed by atoms with Gasteiger partial charge in [-0.1, -0.05) is 30.3 Å². The Hall–Kier alpha value is -2.15. The summed E-state index contributed by atoms with van der Waals surface area (Å²) in [5, 5.41) is 0. The number of hydrogen-bond acceptors (Lipinski definition) is 3. The van der Waals surface area contributed by atoms with E-state index in [1.54, 1.807) is 11.3 Å². The molecule has 0 radical (unpaired) electrons. The number of methoxy groups -OCH3 is 1. The standard InChI is InChI=1S/C15H12F3N2OS/c1-9-8-11(15(16,17)18)19-14-20(9)13(21-2)12(22-14)10-6-4-3-5-7-10/h3-8H,1-2H3/q+1. The Labute approximate surface area is 128 Å². The minimum Gasteiger partial charge on any atom is -0.464 e. The van der Waals surface area contributed by atoms with Crippen molar-refractivity contribution in [3.8, 4) is 16.3 Å². The van der Waals surface area contributed by atoms with Crippen molar-refractivity contribution in [3.63, 3.8) is 0 Å². The van der Waals surface area contributed by atoms with E-state index in [9.17, 15) is 13.2 Å². The zero-order valence-corrected chi connectivity index (χ0v) is 12.6. The molecule has 3 rings (SSSR count). The number of benzene rings is 1. The van der Waals surface area contributed by atoms with Gasteiger partial charge in [0.1, 0.15) is 10.6 Å². The molecule has 22 heavy (non-hydrogen) atoms. The molecule has 1 aromatic carbocycles. The number of rotatable bonds is 2. The number of nitrogens with zero attached hydrogens (tertiary/aromatic N) is 2. The molecule has 0 bridgehead atoms. The van der Waals surface area contributed by atoms with Crippen molar-refractivity contribution in [2.24, 2.45) is 0 Å². The molecule has 0 atom stereocenters. The SMILES string of the molecule is COc1c(-c2ccccc2)sc2nc(C(F)(F)F)cc(C)[n+]12. The molecule has 0 saturated heterocycles. The molecular formula is C15H12F3N2OS+. The van der Waals surface area contributed by atoms with Gasteiger partial charge in [0.2, 0.25) is 0 Å². The molecule has 3 nitrogen and oxygen atoms in total. The Morgan fingerprint density at radius 3 is 2.45 bits per heavy atom. The molecule has 0 fully saturated rings. The number of thiazole rings is 1. The molecule has 0 unspecified atom stereocenters. The second kappa shape index (κ2) is 5.24. The third kappa shape index (κ3) is 2.41. The molecule has 0 aliphatic heterocycles. The van der Waals surface area contributed by atoms with Crippen LogP contribution in [-0.2, 0) is 6.18 Å². The summed E-state index contributed by atoms with van der Waals surface area (Å²) in [4.78, 5) is 4.74. The van der Waals surface area contributed by atoms with E-state index in [0.717, 1.165) is 16.5 Å². The summed E-state index contributed by atoms with van der Waals surface area (Å²) in [6.45, 7) is 1.61. The zero-order chi connectivity index (χ0) is 15.9. The number of fused-ring (bicyclic) bond motifs is 1. The normalized spacial score (nSPS) is 11.9. The fourth-order valence-electron chi connectivity index (χ4n) is 2.25. The summed E-state index contributed by atoms with van der Waals surface area (Å²) >= 11 is 1.17. The van der Waals surface area contributed by atoms with Crippen LogP contribution < -0.4 is 9.14 Å². The lowest BCUT2D eigenvalue weighted by Gasteiger charge is -2.03. The summed E-state index contributed by atoms with van der Waals surface area (Å²) in [6, 6.07) is 10.4. The average Bonchev–Trinajstić information content (AvgIpc) is 2.86. The van der Waals surface area contributed by atoms with Gasteiger partial charge in [-0.25, -0.2) is 0 Å². The second-order valence-corrected chi connectivity index (χ2v) is 5.68. The largest absolute Gasteiger partial charge is 0.464 e. The summed E-state index contributed by atoms with van der Waals surface area (Å²) in [5.74, 6) is 0.491. The van der Waals surface area contributed by atoms with Crippen molar-refractivity contribution >= 4 is 16.3 Å². The van der Waals surface area contributed by atoms with E-state index in [1.807, 2.05) is 30.3 Å². The molecule has 3 aromatic rings. The highest BCUT2D eigenvalue weighted by Crippen LogP contribution is 2.36. The molecule has 114 valence electrons. The number of aromatic nitrogens is 2. The lowest BCUT2D eigenvalue weighted by atomic mass is 10.2. The van der Waals surface area contributed by atoms with Crippen molar-refractivity contribution in [1.82, 2.24) is 4.98 Å². The van der Waals surface area contributed by atoms with E-state index < -0.39 is 11.9 Å². The van der Waals surface area contributed by atoms with Gasteiger partial charge in [-0.2, -0.15) is 17.6 Å². The summed E-state index contributed by atoms with van der Waals surface area (Å²) < 4.78 is 45.7. The first kappa shape index (κ1) is 14.8. The average molecular weight is 325 g/mol. The van der Waals surface area contributed by atoms with Crippen LogP contribution >= 0.6 is 11.3 Å². The quantitative estimate of drug-likeness (QED) is 0.668. The van der Waals surface area contributed by atoms with Gasteiger partial charge in [-0.15, -0.1) is 0 Å². The van der Waals surface area contributed by atoms with E-state index in [2.05, 4.69) is 4.98 Å². The molecule has 2 aromatic heterocycles. The number of alkyl halides is 3. The lowest BCUT2D eigenvalue weighted by molar-refractivity contribution is -0.526. The summed E-state index contributed by atoms with van der Waals surface area (Å²) in [5.41, 5.74) is 0.406. The van der Waals surface area contributed by atoms with Crippen LogP contribution in [-0.4, -0.2) is 12.1 Å². The molecular weight excluding hydrogens is 313 g/mol. The van der Waals surface area contributed by atoms with Gasteiger partial charge in [0.05, 0.1) is 7.11 Å². The van der Waals surface area contributed by atoms with Crippen molar-refractivity contribution in [1.29, 1.82) is 0 Å². The van der Waals surface area contributed by atoms with Crippen LogP contribution in [0.15, 0.2) is 36.4 Å². The van der Waals surface area contributed by atoms with Crippen LogP contribution in [0.4, 0.5) is 13.2 Å². The highest BCUT2D eigenvalue weighted by Gasteiger charge is 2.39. The Kier molecular flexibility index (Phi) is 3.52. The van der Waals surface area contributed by atoms with Crippen molar-refractivity contribution in [2.45, 2.75) is 13.1 Å². The Morgan fingerprint density at radius 1 is 1.18 bits per heavy atom. The lowest BCUT2D eigenvalue weighted by Crippen LogP contribution is -2.28. The minimum absolute atomic E-state index is 0.253. The van der Waals surface area contributed by atoms with Gasteiger partial charge in [0.25, 0.3) is 5.69 Å². The molecule has 7 heteroatoms. The number of aryl methyl sites for hydroxylation is 1. The Morgan fingerprint density at radius 2 is 1.86 bits per heavy atom. The highest BCUT2D eigenvalue weighted by atomic mass is 32.1. The predicted octanol–water partition coefficient (Wildman–Crippen LogP) is 3.88. The number of halogens is 3. The van der Waals surface area contributed by atoms with Crippen LogP contribution in [0.1, 0.15) is 11.4 Å². The van der Waals surface area contributed by atoms with Crippen LogP contribution in [0.25, 0.3) is 15.4 Å². The van der Waals surface area contributed by atoms with Gasteiger partial charge in [-0.05, 0) is 28.8 Å². The third-order valence-corrected chi connectivity index (χ3v) is 4.29. The van der Waals surface area contributed by atoms with Gasteiger partial charge < -0.3 is 4.74 Å². The maximum atomic E-state index is 12.9. The first-order chi connectivity index (χ1) is 10.4. The fraction of sp³-hybridized carbons (Fsp3) is 0.200. The highest BCUT2D eigenvalue weighted by molar-refractivity contribution is 7.20. The molecule has 0 spiro atoms. The fourth-order valence-corrected chi connectivity index (χ4v) is 3.41. The third-order valence-electron chi connectivity index (χ3n) is 3.22. The van der Waals surface area contributed by atoms with Crippen LogP contribution in [0.5, 0.6) is 5.88 Å². The van der Waals surface area contributed by atoms with Gasteiger partial charge >= 0.3 is 17.0 Å². The Balaban J connectivity index is 2.30. The van der Waals surface area contributed by atoms with Gasteiger partial charge in [0.15, 0.2) is 0 Å². The van der Waals surface area contributed by atoms with E-state index in [0.29, 0.717) is 11.6 Å². The molecule has 0 amide bonds. The second-order valence-electron chi connectivity index (χ2n) is 4.70. The van der Waals surface area contributed by atoms with E-state index in [-0.39, 0.29) is 4.96 Å². The maximum Gasteiger partial charge on any atom is 0.458 e. The smallest absolute Gasteiger partial charge is 0.458 e. The first-order valence-electron chi connectivity index (χ1n) is 6.44.